The van der Waals surface area contributed by atoms with Crippen molar-refractivity contribution >= 4 is 21.7 Å². The van der Waals surface area contributed by atoms with E-state index in [1.165, 1.54) is 26.4 Å². The van der Waals surface area contributed by atoms with Gasteiger partial charge in [0, 0.05) is 39.9 Å². The van der Waals surface area contributed by atoms with Gasteiger partial charge in [-0.15, -0.1) is 0 Å². The lowest BCUT2D eigenvalue weighted by molar-refractivity contribution is 0.0950. The van der Waals surface area contributed by atoms with Crippen LogP contribution in [0.15, 0.2) is 47.5 Å². The SMILES string of the molecule is CCN(CC)c1ccc(C(=O)NCc2ccccc2S(=O)(=O)N(C)C)cn1. The number of anilines is 1. The number of nitrogens with one attached hydrogen (secondary N) is 1. The number of rotatable bonds is 8. The number of carbonyl (C=O) groups excluding carboxylic acids is 1. The smallest absolute Gasteiger partial charge is 0.253 e. The summed E-state index contributed by atoms with van der Waals surface area (Å²) in [7, 11) is -0.617. The van der Waals surface area contributed by atoms with Crippen molar-refractivity contribution in [2.45, 2.75) is 25.3 Å². The highest BCUT2D eigenvalue weighted by Crippen LogP contribution is 2.18. The van der Waals surface area contributed by atoms with Crippen molar-refractivity contribution in [2.24, 2.45) is 0 Å². The lowest BCUT2D eigenvalue weighted by atomic mass is 10.2. The third-order valence-corrected chi connectivity index (χ3v) is 6.18. The Hall–Kier alpha value is -2.45. The molecule has 0 unspecified atom stereocenters. The number of sulfonamides is 1. The van der Waals surface area contributed by atoms with Crippen LogP contribution in [0.4, 0.5) is 5.82 Å². The largest absolute Gasteiger partial charge is 0.357 e. The van der Waals surface area contributed by atoms with Crippen molar-refractivity contribution in [3.8, 4) is 0 Å². The van der Waals surface area contributed by atoms with Crippen LogP contribution >= 0.6 is 0 Å². The van der Waals surface area contributed by atoms with Crippen LogP contribution in [0.25, 0.3) is 0 Å². The molecule has 1 amide bonds. The maximum Gasteiger partial charge on any atom is 0.253 e. The molecule has 7 nitrogen and oxygen atoms in total. The minimum atomic E-state index is -3.58. The van der Waals surface area contributed by atoms with E-state index < -0.39 is 10.0 Å². The summed E-state index contributed by atoms with van der Waals surface area (Å²) in [4.78, 5) is 19.0. The fourth-order valence-electron chi connectivity index (χ4n) is 2.63. The first-order valence-electron chi connectivity index (χ1n) is 8.80. The Kier molecular flexibility index (Phi) is 6.92. The van der Waals surface area contributed by atoms with Crippen molar-refractivity contribution < 1.29 is 13.2 Å². The number of pyridine rings is 1. The molecule has 8 heteroatoms. The summed E-state index contributed by atoms with van der Waals surface area (Å²) in [6, 6.07) is 10.2. The van der Waals surface area contributed by atoms with E-state index in [2.05, 4.69) is 15.2 Å². The third-order valence-electron chi connectivity index (χ3n) is 4.27. The van der Waals surface area contributed by atoms with Gasteiger partial charge in [0.2, 0.25) is 10.0 Å². The molecule has 0 radical (unpaired) electrons. The molecule has 0 saturated heterocycles. The van der Waals surface area contributed by atoms with Gasteiger partial charge in [-0.05, 0) is 37.6 Å². The highest BCUT2D eigenvalue weighted by Gasteiger charge is 2.21. The minimum absolute atomic E-state index is 0.111. The molecule has 0 atom stereocenters. The molecule has 146 valence electrons. The first-order valence-corrected chi connectivity index (χ1v) is 10.2. The van der Waals surface area contributed by atoms with Crippen molar-refractivity contribution in [1.29, 1.82) is 0 Å². The number of benzene rings is 1. The lowest BCUT2D eigenvalue weighted by Crippen LogP contribution is -2.27. The Balaban J connectivity index is 2.13. The molecule has 1 heterocycles. The zero-order valence-electron chi connectivity index (χ0n) is 16.1. The van der Waals surface area contributed by atoms with Gasteiger partial charge in [-0.2, -0.15) is 0 Å². The number of amides is 1. The van der Waals surface area contributed by atoms with E-state index in [0.717, 1.165) is 23.2 Å². The van der Waals surface area contributed by atoms with Gasteiger partial charge in [0.25, 0.3) is 5.91 Å². The summed E-state index contributed by atoms with van der Waals surface area (Å²) in [6.45, 7) is 5.88. The summed E-state index contributed by atoms with van der Waals surface area (Å²) < 4.78 is 26.0. The summed E-state index contributed by atoms with van der Waals surface area (Å²) in [5, 5.41) is 2.77. The van der Waals surface area contributed by atoms with Crippen LogP contribution < -0.4 is 10.2 Å². The summed E-state index contributed by atoms with van der Waals surface area (Å²) in [5.41, 5.74) is 0.964. The molecule has 1 aromatic carbocycles. The van der Waals surface area contributed by atoms with E-state index in [9.17, 15) is 13.2 Å². The third kappa shape index (κ3) is 4.84. The molecule has 0 aliphatic carbocycles. The van der Waals surface area contributed by atoms with Crippen LogP contribution in [0.3, 0.4) is 0 Å². The number of hydrogen-bond acceptors (Lipinski definition) is 5. The van der Waals surface area contributed by atoms with E-state index in [1.807, 2.05) is 19.9 Å². The van der Waals surface area contributed by atoms with Gasteiger partial charge in [-0.1, -0.05) is 18.2 Å². The minimum Gasteiger partial charge on any atom is -0.357 e. The van der Waals surface area contributed by atoms with Crippen molar-refractivity contribution in [3.05, 3.63) is 53.7 Å². The van der Waals surface area contributed by atoms with Crippen LogP contribution in [-0.4, -0.2) is 50.8 Å². The maximum atomic E-state index is 12.4. The van der Waals surface area contributed by atoms with Gasteiger partial charge in [0.1, 0.15) is 5.82 Å². The Morgan fingerprint density at radius 1 is 1.07 bits per heavy atom. The van der Waals surface area contributed by atoms with Gasteiger partial charge in [0.05, 0.1) is 10.5 Å². The molecule has 0 aliphatic heterocycles. The highest BCUT2D eigenvalue weighted by atomic mass is 32.2. The molecule has 1 aromatic heterocycles. The molecule has 0 aliphatic rings. The maximum absolute atomic E-state index is 12.4. The van der Waals surface area contributed by atoms with E-state index in [1.54, 1.807) is 24.3 Å². The average molecular weight is 391 g/mol. The molecule has 0 spiro atoms. The fourth-order valence-corrected chi connectivity index (χ4v) is 3.75. The van der Waals surface area contributed by atoms with Crippen molar-refractivity contribution in [1.82, 2.24) is 14.6 Å². The molecule has 2 rings (SSSR count). The quantitative estimate of drug-likeness (QED) is 0.746. The second-order valence-electron chi connectivity index (χ2n) is 6.16. The van der Waals surface area contributed by atoms with Crippen molar-refractivity contribution in [2.75, 3.05) is 32.1 Å². The monoisotopic (exact) mass is 390 g/mol. The number of carbonyl (C=O) groups is 1. The zero-order valence-corrected chi connectivity index (χ0v) is 17.0. The van der Waals surface area contributed by atoms with Crippen LogP contribution in [0, 0.1) is 0 Å². The molecule has 0 fully saturated rings. The Labute approximate surface area is 161 Å². The molecule has 2 aromatic rings. The normalized spacial score (nSPS) is 11.4. The van der Waals surface area contributed by atoms with E-state index in [4.69, 9.17) is 0 Å². The first kappa shape index (κ1) is 20.9. The van der Waals surface area contributed by atoms with Gasteiger partial charge < -0.3 is 10.2 Å². The lowest BCUT2D eigenvalue weighted by Gasteiger charge is -2.19. The van der Waals surface area contributed by atoms with Crippen LogP contribution in [0.2, 0.25) is 0 Å². The average Bonchev–Trinajstić information content (AvgIpc) is 2.67. The number of aromatic nitrogens is 1. The zero-order chi connectivity index (χ0) is 20.0. The van der Waals surface area contributed by atoms with Gasteiger partial charge in [0.15, 0.2) is 0 Å². The second-order valence-corrected chi connectivity index (χ2v) is 8.28. The Bertz CT molecular complexity index is 876. The van der Waals surface area contributed by atoms with E-state index in [0.29, 0.717) is 11.1 Å². The molecule has 1 N–H and O–H groups in total. The van der Waals surface area contributed by atoms with E-state index >= 15 is 0 Å². The Morgan fingerprint density at radius 2 is 1.74 bits per heavy atom. The van der Waals surface area contributed by atoms with Crippen LogP contribution in [0.1, 0.15) is 29.8 Å². The highest BCUT2D eigenvalue weighted by molar-refractivity contribution is 7.89. The van der Waals surface area contributed by atoms with Crippen molar-refractivity contribution in [3.63, 3.8) is 0 Å². The number of nitrogens with zero attached hydrogens (tertiary/aromatic N) is 3. The van der Waals surface area contributed by atoms with Gasteiger partial charge >= 0.3 is 0 Å². The standard InChI is InChI=1S/C19H26N4O3S/c1-5-23(6-2)18-12-11-16(14-20-18)19(24)21-13-15-9-7-8-10-17(15)27(25,26)22(3)4/h7-12,14H,5-6,13H2,1-4H3,(H,21,24). The number of hydrogen-bond donors (Lipinski definition) is 1. The Morgan fingerprint density at radius 3 is 2.30 bits per heavy atom. The van der Waals surface area contributed by atoms with Crippen LogP contribution in [0.5, 0.6) is 0 Å². The molecular formula is C19H26N4O3S. The molecule has 0 bridgehead atoms. The second kappa shape index (κ2) is 8.96. The predicted molar refractivity (Wildman–Crippen MR) is 106 cm³/mol. The molecule has 27 heavy (non-hydrogen) atoms. The summed E-state index contributed by atoms with van der Waals surface area (Å²) in [6.07, 6.45) is 1.53. The molecule has 0 saturated carbocycles. The first-order chi connectivity index (χ1) is 12.8. The van der Waals surface area contributed by atoms with E-state index in [-0.39, 0.29) is 17.3 Å². The summed E-state index contributed by atoms with van der Waals surface area (Å²) >= 11 is 0. The predicted octanol–water partition coefficient (Wildman–Crippen LogP) is 2.11. The van der Waals surface area contributed by atoms with Gasteiger partial charge in [-0.25, -0.2) is 17.7 Å². The van der Waals surface area contributed by atoms with Gasteiger partial charge in [-0.3, -0.25) is 4.79 Å². The fraction of sp³-hybridized carbons (Fsp3) is 0.368. The summed E-state index contributed by atoms with van der Waals surface area (Å²) in [5.74, 6) is 0.518. The van der Waals surface area contributed by atoms with Crippen LogP contribution in [-0.2, 0) is 16.6 Å². The topological polar surface area (TPSA) is 82.6 Å². The molecular weight excluding hydrogens is 364 g/mol.